The summed E-state index contributed by atoms with van der Waals surface area (Å²) in [5, 5.41) is 0. The molecule has 0 aromatic heterocycles. The maximum Gasteiger partial charge on any atom is 0.224 e. The number of rotatable bonds is 1. The zero-order valence-corrected chi connectivity index (χ0v) is 8.38. The first-order valence-electron chi connectivity index (χ1n) is 1.70. The van der Waals surface area contributed by atoms with Crippen LogP contribution in [0.1, 0.15) is 0 Å². The van der Waals surface area contributed by atoms with Gasteiger partial charge in [-0.25, -0.2) is 0 Å². The fourth-order valence-corrected chi connectivity index (χ4v) is 0.557. The predicted octanol–water partition coefficient (Wildman–Crippen LogP) is 3.93. The molecule has 0 rings (SSSR count). The molecule has 0 amide bonds. The van der Waals surface area contributed by atoms with E-state index in [0.717, 1.165) is 5.88 Å². The Bertz CT molecular complexity index is 91.0. The van der Waals surface area contributed by atoms with Crippen molar-refractivity contribution in [3.05, 3.63) is 5.88 Å². The second kappa shape index (κ2) is 3.42. The Morgan fingerprint density at radius 2 is 1.22 bits per heavy atom. The van der Waals surface area contributed by atoms with Gasteiger partial charge in [0.2, 0.25) is 3.79 Å². The van der Waals surface area contributed by atoms with Gasteiger partial charge in [-0.2, -0.15) is 0 Å². The van der Waals surface area contributed by atoms with Crippen LogP contribution in [0.2, 0.25) is 0 Å². The number of alkyl halides is 5. The van der Waals surface area contributed by atoms with Gasteiger partial charge >= 0.3 is 0 Å². The van der Waals surface area contributed by atoms with Crippen LogP contribution in [0.5, 0.6) is 0 Å². The molecule has 0 unspecified atom stereocenters. The van der Waals surface area contributed by atoms with Gasteiger partial charge in [0.1, 0.15) is 0 Å². The lowest BCUT2D eigenvalue weighted by atomic mass is 10.5. The van der Waals surface area contributed by atoms with E-state index in [1.165, 1.54) is 0 Å². The summed E-state index contributed by atoms with van der Waals surface area (Å²) in [7, 11) is 0. The topological polar surface area (TPSA) is 0 Å². The highest BCUT2D eigenvalue weighted by molar-refractivity contribution is 6.76. The van der Waals surface area contributed by atoms with Gasteiger partial charge in [0, 0.05) is 0 Å². The SMILES string of the molecule is Cl[CH]C(Cl)(Cl)C(Cl)(Cl)Cl. The highest BCUT2D eigenvalue weighted by atomic mass is 35.6. The van der Waals surface area contributed by atoms with Crippen molar-refractivity contribution in [3.63, 3.8) is 0 Å². The van der Waals surface area contributed by atoms with Crippen LogP contribution in [0.3, 0.4) is 0 Å². The Labute approximate surface area is 83.3 Å². The van der Waals surface area contributed by atoms with E-state index < -0.39 is 8.13 Å². The Balaban J connectivity index is 4.14. The third-order valence-corrected chi connectivity index (χ3v) is 3.33. The van der Waals surface area contributed by atoms with E-state index >= 15 is 0 Å². The van der Waals surface area contributed by atoms with E-state index in [2.05, 4.69) is 0 Å². The van der Waals surface area contributed by atoms with Gasteiger partial charge in [0.25, 0.3) is 0 Å². The third-order valence-electron chi connectivity index (χ3n) is 0.515. The van der Waals surface area contributed by atoms with Gasteiger partial charge < -0.3 is 0 Å². The minimum atomic E-state index is -1.79. The third kappa shape index (κ3) is 3.09. The minimum Gasteiger partial charge on any atom is -0.118 e. The van der Waals surface area contributed by atoms with Gasteiger partial charge in [0.15, 0.2) is 4.33 Å². The molecule has 0 heterocycles. The molecule has 0 aliphatic heterocycles. The summed E-state index contributed by atoms with van der Waals surface area (Å²) in [5.74, 6) is 0.878. The first-order valence-corrected chi connectivity index (χ1v) is 4.03. The quantitative estimate of drug-likeness (QED) is 0.618. The van der Waals surface area contributed by atoms with E-state index in [1.807, 2.05) is 0 Å². The fourth-order valence-electron chi connectivity index (χ4n) is 0.0619. The second-order valence-electron chi connectivity index (χ2n) is 1.23. The molecule has 0 aromatic rings. The van der Waals surface area contributed by atoms with Crippen LogP contribution >= 0.6 is 69.6 Å². The van der Waals surface area contributed by atoms with Crippen molar-refractivity contribution in [1.82, 2.24) is 0 Å². The van der Waals surface area contributed by atoms with Crippen LogP contribution in [0.4, 0.5) is 0 Å². The second-order valence-corrected chi connectivity index (χ2v) is 5.12. The zero-order chi connectivity index (χ0) is 7.71. The molecule has 0 spiro atoms. The van der Waals surface area contributed by atoms with Gasteiger partial charge in [-0.05, 0) is 0 Å². The van der Waals surface area contributed by atoms with Crippen molar-refractivity contribution in [2.45, 2.75) is 8.13 Å². The number of halogens is 6. The highest BCUT2D eigenvalue weighted by Crippen LogP contribution is 2.48. The highest BCUT2D eigenvalue weighted by Gasteiger charge is 2.45. The van der Waals surface area contributed by atoms with E-state index in [0.29, 0.717) is 0 Å². The lowest BCUT2D eigenvalue weighted by Crippen LogP contribution is -2.29. The molecule has 55 valence electrons. The molecule has 0 aliphatic carbocycles. The van der Waals surface area contributed by atoms with Crippen LogP contribution in [0.25, 0.3) is 0 Å². The minimum absolute atomic E-state index is 0.878. The molecule has 0 saturated heterocycles. The summed E-state index contributed by atoms with van der Waals surface area (Å²) >= 11 is 31.7. The fraction of sp³-hybridized carbons (Fsp3) is 0.667. The molecule has 0 N–H and O–H groups in total. The lowest BCUT2D eigenvalue weighted by Gasteiger charge is -2.23. The van der Waals surface area contributed by atoms with Crippen LogP contribution in [0, 0.1) is 5.88 Å². The molecule has 0 aromatic carbocycles. The summed E-state index contributed by atoms with van der Waals surface area (Å²) in [4.78, 5) is 0. The molecule has 0 atom stereocenters. The van der Waals surface area contributed by atoms with Crippen molar-refractivity contribution in [2.24, 2.45) is 0 Å². The van der Waals surface area contributed by atoms with Crippen LogP contribution in [-0.2, 0) is 0 Å². The van der Waals surface area contributed by atoms with Crippen molar-refractivity contribution >= 4 is 69.6 Å². The Morgan fingerprint density at radius 1 is 0.889 bits per heavy atom. The zero-order valence-electron chi connectivity index (χ0n) is 3.85. The van der Waals surface area contributed by atoms with Gasteiger partial charge in [0.05, 0.1) is 5.88 Å². The summed E-state index contributed by atoms with van der Waals surface area (Å²) < 4.78 is -3.43. The van der Waals surface area contributed by atoms with Crippen LogP contribution in [0.15, 0.2) is 0 Å². The number of hydrogen-bond acceptors (Lipinski definition) is 0. The Kier molecular flexibility index (Phi) is 4.09. The predicted molar refractivity (Wildman–Crippen MR) is 44.9 cm³/mol. The molecule has 0 fully saturated rings. The smallest absolute Gasteiger partial charge is 0.118 e. The Morgan fingerprint density at radius 3 is 1.22 bits per heavy atom. The molecule has 0 aliphatic rings. The molecule has 0 nitrogen and oxygen atoms in total. The Hall–Kier alpha value is 1.74. The maximum atomic E-state index is 5.38. The standard InChI is InChI=1S/C3HCl6/c4-1-2(5,6)3(7,8)9/h1H. The van der Waals surface area contributed by atoms with Gasteiger partial charge in [-0.15, -0.1) is 11.6 Å². The van der Waals surface area contributed by atoms with E-state index in [1.54, 1.807) is 0 Å². The largest absolute Gasteiger partial charge is 0.224 e. The van der Waals surface area contributed by atoms with E-state index in [-0.39, 0.29) is 0 Å². The molecular weight excluding hydrogens is 249 g/mol. The molecular formula is C3HCl6. The first-order chi connectivity index (χ1) is 3.81. The normalized spacial score (nSPS) is 14.0. The molecule has 6 heteroatoms. The van der Waals surface area contributed by atoms with Crippen LogP contribution in [-0.4, -0.2) is 8.13 Å². The molecule has 0 bridgehead atoms. The van der Waals surface area contributed by atoms with Crippen molar-refractivity contribution in [3.8, 4) is 0 Å². The van der Waals surface area contributed by atoms with Crippen molar-refractivity contribution in [1.29, 1.82) is 0 Å². The first kappa shape index (κ1) is 10.7. The van der Waals surface area contributed by atoms with Crippen LogP contribution < -0.4 is 0 Å². The van der Waals surface area contributed by atoms with Gasteiger partial charge in [-0.1, -0.05) is 58.0 Å². The van der Waals surface area contributed by atoms with E-state index in [9.17, 15) is 0 Å². The van der Waals surface area contributed by atoms with Crippen molar-refractivity contribution < 1.29 is 0 Å². The summed E-state index contributed by atoms with van der Waals surface area (Å²) in [6.07, 6.45) is 0. The average molecular weight is 250 g/mol. The summed E-state index contributed by atoms with van der Waals surface area (Å²) in [6, 6.07) is 0. The van der Waals surface area contributed by atoms with Crippen molar-refractivity contribution in [2.75, 3.05) is 0 Å². The maximum absolute atomic E-state index is 5.38. The average Bonchev–Trinajstić information content (AvgIpc) is 1.64. The summed E-state index contributed by atoms with van der Waals surface area (Å²) in [5.41, 5.74) is 0. The molecule has 9 heavy (non-hydrogen) atoms. The molecule has 0 saturated carbocycles. The lowest BCUT2D eigenvalue weighted by molar-refractivity contribution is 0.969. The van der Waals surface area contributed by atoms with E-state index in [4.69, 9.17) is 69.6 Å². The number of hydrogen-bond donors (Lipinski definition) is 0. The molecule has 1 radical (unpaired) electrons. The monoisotopic (exact) mass is 247 g/mol. The summed E-state index contributed by atoms with van der Waals surface area (Å²) in [6.45, 7) is 0. The van der Waals surface area contributed by atoms with Gasteiger partial charge in [-0.3, -0.25) is 0 Å².